The van der Waals surface area contributed by atoms with Gasteiger partial charge in [0.15, 0.2) is 11.5 Å². The molecule has 3 aromatic rings. The molecule has 0 amide bonds. The molecule has 4 rings (SSSR count). The summed E-state index contributed by atoms with van der Waals surface area (Å²) in [5, 5.41) is 0.350. The van der Waals surface area contributed by atoms with E-state index in [9.17, 15) is 9.59 Å². The largest absolute Gasteiger partial charge is 0.493 e. The molecular formula is C24H24O6. The van der Waals surface area contributed by atoms with Crippen molar-refractivity contribution in [1.29, 1.82) is 0 Å². The van der Waals surface area contributed by atoms with Crippen LogP contribution in [0.3, 0.4) is 0 Å². The van der Waals surface area contributed by atoms with Crippen LogP contribution in [0.1, 0.15) is 37.9 Å². The number of fused-ring (bicyclic) bond motifs is 1. The lowest BCUT2D eigenvalue weighted by Gasteiger charge is -2.19. The van der Waals surface area contributed by atoms with E-state index >= 15 is 0 Å². The summed E-state index contributed by atoms with van der Waals surface area (Å²) in [6, 6.07) is 11.9. The van der Waals surface area contributed by atoms with Crippen LogP contribution >= 0.6 is 0 Å². The van der Waals surface area contributed by atoms with Gasteiger partial charge in [-0.3, -0.25) is 9.59 Å². The molecule has 0 aliphatic heterocycles. The lowest BCUT2D eigenvalue weighted by Crippen LogP contribution is -2.22. The van der Waals surface area contributed by atoms with Gasteiger partial charge >= 0.3 is 5.97 Å². The van der Waals surface area contributed by atoms with E-state index in [2.05, 4.69) is 0 Å². The van der Waals surface area contributed by atoms with Crippen molar-refractivity contribution in [2.45, 2.75) is 39.0 Å². The second-order valence-corrected chi connectivity index (χ2v) is 7.48. The Balaban J connectivity index is 1.62. The normalized spacial score (nSPS) is 14.5. The molecule has 1 aliphatic rings. The van der Waals surface area contributed by atoms with Gasteiger partial charge in [-0.2, -0.15) is 0 Å². The molecule has 0 N–H and O–H groups in total. The van der Waals surface area contributed by atoms with Gasteiger partial charge in [0.1, 0.15) is 17.1 Å². The van der Waals surface area contributed by atoms with Gasteiger partial charge in [0.2, 0.25) is 11.2 Å². The predicted octanol–water partition coefficient (Wildman–Crippen LogP) is 5.39. The molecule has 1 heterocycles. The molecule has 30 heavy (non-hydrogen) atoms. The monoisotopic (exact) mass is 408 g/mol. The topological polar surface area (TPSA) is 75.0 Å². The summed E-state index contributed by atoms with van der Waals surface area (Å²) in [5.74, 6) is 1.46. The summed E-state index contributed by atoms with van der Waals surface area (Å²) in [6.45, 7) is 1.66. The average Bonchev–Trinajstić information content (AvgIpc) is 2.77. The molecule has 0 bridgehead atoms. The van der Waals surface area contributed by atoms with E-state index < -0.39 is 0 Å². The first-order valence-electron chi connectivity index (χ1n) is 10.2. The van der Waals surface area contributed by atoms with E-state index in [1.54, 1.807) is 43.3 Å². The number of esters is 1. The number of ether oxygens (including phenoxy) is 3. The number of methoxy groups -OCH3 is 1. The van der Waals surface area contributed by atoms with Crippen molar-refractivity contribution in [2.75, 3.05) is 7.11 Å². The standard InChI is InChI=1S/C24H24O6/c1-15-23(30-20-11-7-6-10-19(20)27-2)22(25)18-13-12-17(14-21(18)28-15)29-24(26)16-8-4-3-5-9-16/h6-7,10-14,16H,3-5,8-9H2,1-2H3. The molecule has 1 aliphatic carbocycles. The minimum Gasteiger partial charge on any atom is -0.493 e. The summed E-state index contributed by atoms with van der Waals surface area (Å²) in [5.41, 5.74) is 0.0450. The molecule has 0 saturated heterocycles. The molecule has 0 atom stereocenters. The van der Waals surface area contributed by atoms with Crippen molar-refractivity contribution in [2.24, 2.45) is 5.92 Å². The first-order valence-corrected chi connectivity index (χ1v) is 10.2. The molecule has 0 radical (unpaired) electrons. The summed E-state index contributed by atoms with van der Waals surface area (Å²) >= 11 is 0. The highest BCUT2D eigenvalue weighted by molar-refractivity contribution is 5.81. The van der Waals surface area contributed by atoms with Gasteiger partial charge in [-0.25, -0.2) is 0 Å². The molecule has 2 aromatic carbocycles. The van der Waals surface area contributed by atoms with Gasteiger partial charge < -0.3 is 18.6 Å². The molecule has 1 aromatic heterocycles. The predicted molar refractivity (Wildman–Crippen MR) is 112 cm³/mol. The van der Waals surface area contributed by atoms with Crippen molar-refractivity contribution in [3.63, 3.8) is 0 Å². The van der Waals surface area contributed by atoms with Crippen LogP contribution in [-0.2, 0) is 4.79 Å². The zero-order valence-electron chi connectivity index (χ0n) is 17.1. The van der Waals surface area contributed by atoms with Crippen LogP contribution in [-0.4, -0.2) is 13.1 Å². The lowest BCUT2D eigenvalue weighted by molar-refractivity contribution is -0.139. The van der Waals surface area contributed by atoms with Crippen LogP contribution in [0, 0.1) is 12.8 Å². The maximum atomic E-state index is 13.0. The minimum absolute atomic E-state index is 0.0557. The Kier molecular flexibility index (Phi) is 5.74. The van der Waals surface area contributed by atoms with Gasteiger partial charge in [0, 0.05) is 6.07 Å². The number of carbonyl (C=O) groups excluding carboxylic acids is 1. The van der Waals surface area contributed by atoms with E-state index in [0.29, 0.717) is 34.0 Å². The van der Waals surface area contributed by atoms with E-state index in [0.717, 1.165) is 25.7 Å². The SMILES string of the molecule is COc1ccccc1Oc1c(C)oc2cc(OC(=O)C3CCCCC3)ccc2c1=O. The Morgan fingerprint density at radius 1 is 1.03 bits per heavy atom. The van der Waals surface area contributed by atoms with Crippen LogP contribution in [0.25, 0.3) is 11.0 Å². The summed E-state index contributed by atoms with van der Waals surface area (Å²) in [7, 11) is 1.54. The van der Waals surface area contributed by atoms with Crippen LogP contribution in [0.2, 0.25) is 0 Å². The Bertz CT molecular complexity index is 1120. The Labute approximate surface area is 174 Å². The lowest BCUT2D eigenvalue weighted by atomic mass is 9.89. The van der Waals surface area contributed by atoms with Crippen molar-refractivity contribution in [3.8, 4) is 23.0 Å². The third kappa shape index (κ3) is 4.03. The zero-order chi connectivity index (χ0) is 21.1. The molecule has 1 fully saturated rings. The van der Waals surface area contributed by atoms with Crippen molar-refractivity contribution in [3.05, 3.63) is 58.4 Å². The van der Waals surface area contributed by atoms with Gasteiger partial charge in [0.25, 0.3) is 0 Å². The third-order valence-corrected chi connectivity index (χ3v) is 5.42. The second-order valence-electron chi connectivity index (χ2n) is 7.48. The van der Waals surface area contributed by atoms with E-state index in [1.807, 2.05) is 6.07 Å². The Hall–Kier alpha value is -3.28. The highest BCUT2D eigenvalue weighted by atomic mass is 16.5. The maximum Gasteiger partial charge on any atom is 0.314 e. The van der Waals surface area contributed by atoms with Gasteiger partial charge in [-0.1, -0.05) is 31.4 Å². The number of para-hydroxylation sites is 2. The molecule has 1 saturated carbocycles. The zero-order valence-corrected chi connectivity index (χ0v) is 17.1. The van der Waals surface area contributed by atoms with E-state index in [-0.39, 0.29) is 23.1 Å². The minimum atomic E-state index is -0.301. The number of rotatable bonds is 5. The fourth-order valence-electron chi connectivity index (χ4n) is 3.80. The van der Waals surface area contributed by atoms with Crippen LogP contribution in [0.5, 0.6) is 23.0 Å². The number of hydrogen-bond donors (Lipinski definition) is 0. The summed E-state index contributed by atoms with van der Waals surface area (Å²) < 4.78 is 22.5. The van der Waals surface area contributed by atoms with E-state index in [4.69, 9.17) is 18.6 Å². The number of aryl methyl sites for hydroxylation is 1. The van der Waals surface area contributed by atoms with Gasteiger partial charge in [-0.05, 0) is 44.0 Å². The van der Waals surface area contributed by atoms with Crippen LogP contribution < -0.4 is 19.6 Å². The quantitative estimate of drug-likeness (QED) is 0.416. The maximum absolute atomic E-state index is 13.0. The Morgan fingerprint density at radius 3 is 2.50 bits per heavy atom. The molecule has 0 spiro atoms. The molecule has 156 valence electrons. The van der Waals surface area contributed by atoms with Crippen molar-refractivity contribution in [1.82, 2.24) is 0 Å². The highest BCUT2D eigenvalue weighted by Crippen LogP contribution is 2.33. The first kappa shape index (κ1) is 20.0. The first-order chi connectivity index (χ1) is 14.6. The summed E-state index contributed by atoms with van der Waals surface area (Å²) in [6.07, 6.45) is 5.01. The van der Waals surface area contributed by atoms with Gasteiger partial charge in [-0.15, -0.1) is 0 Å². The smallest absolute Gasteiger partial charge is 0.314 e. The fourth-order valence-corrected chi connectivity index (χ4v) is 3.80. The Morgan fingerprint density at radius 2 is 1.77 bits per heavy atom. The number of benzene rings is 2. The average molecular weight is 408 g/mol. The van der Waals surface area contributed by atoms with Crippen LogP contribution in [0.4, 0.5) is 0 Å². The second kappa shape index (κ2) is 8.61. The third-order valence-electron chi connectivity index (χ3n) is 5.42. The molecule has 0 unspecified atom stereocenters. The number of carbonyl (C=O) groups is 1. The summed E-state index contributed by atoms with van der Waals surface area (Å²) in [4.78, 5) is 25.4. The van der Waals surface area contributed by atoms with E-state index in [1.165, 1.54) is 13.5 Å². The molecule has 6 nitrogen and oxygen atoms in total. The highest BCUT2D eigenvalue weighted by Gasteiger charge is 2.23. The van der Waals surface area contributed by atoms with Crippen LogP contribution in [0.15, 0.2) is 51.7 Å². The van der Waals surface area contributed by atoms with Gasteiger partial charge in [0.05, 0.1) is 18.4 Å². The molecule has 6 heteroatoms. The molecular weight excluding hydrogens is 384 g/mol. The number of hydrogen-bond acceptors (Lipinski definition) is 6. The fraction of sp³-hybridized carbons (Fsp3) is 0.333. The van der Waals surface area contributed by atoms with Crippen molar-refractivity contribution >= 4 is 16.9 Å². The van der Waals surface area contributed by atoms with Crippen molar-refractivity contribution < 1.29 is 23.4 Å².